The van der Waals surface area contributed by atoms with E-state index in [9.17, 15) is 0 Å². The number of hydrogen-bond donors (Lipinski definition) is 1. The molecule has 0 amide bonds. The second-order valence-corrected chi connectivity index (χ2v) is 3.26. The second kappa shape index (κ2) is 12.3. The minimum atomic E-state index is 0. The van der Waals surface area contributed by atoms with Gasteiger partial charge in [-0.3, -0.25) is 0 Å². The third kappa shape index (κ3) is 11.3. The molecular formula is C14H20NRu. The first-order valence-electron chi connectivity index (χ1n) is 5.15. The summed E-state index contributed by atoms with van der Waals surface area (Å²) in [6, 6.07) is 15.0. The van der Waals surface area contributed by atoms with Crippen LogP contribution in [0.1, 0.15) is 25.2 Å². The van der Waals surface area contributed by atoms with Crippen molar-refractivity contribution in [3.05, 3.63) is 60.3 Å². The van der Waals surface area contributed by atoms with Gasteiger partial charge < -0.3 is 11.4 Å². The zero-order valence-electron chi connectivity index (χ0n) is 10.4. The number of aromatic nitrogens is 1. The van der Waals surface area contributed by atoms with Crippen LogP contribution in [0.4, 0.5) is 0 Å². The second-order valence-electron chi connectivity index (χ2n) is 3.26. The van der Waals surface area contributed by atoms with E-state index in [4.69, 9.17) is 0 Å². The van der Waals surface area contributed by atoms with Gasteiger partial charge in [0.05, 0.1) is 0 Å². The molecule has 0 saturated carbocycles. The Hall–Kier alpha value is -0.747. The van der Waals surface area contributed by atoms with Crippen molar-refractivity contribution in [2.24, 2.45) is 0 Å². The molecule has 1 aromatic carbocycles. The molecule has 2 rings (SSSR count). The fraction of sp³-hybridized carbons (Fsp3) is 0.286. The van der Waals surface area contributed by atoms with Crippen LogP contribution in [0.2, 0.25) is 0 Å². The van der Waals surface area contributed by atoms with Gasteiger partial charge in [-0.05, 0) is 6.92 Å². The fourth-order valence-electron chi connectivity index (χ4n) is 0.905. The molecule has 1 N–H and O–H groups in total. The Morgan fingerprint density at radius 1 is 1.19 bits per heavy atom. The molecule has 0 unspecified atom stereocenters. The van der Waals surface area contributed by atoms with E-state index in [1.165, 1.54) is 5.69 Å². The summed E-state index contributed by atoms with van der Waals surface area (Å²) in [7, 11) is 0. The third-order valence-corrected chi connectivity index (χ3v) is 1.45. The Kier molecular flexibility index (Phi) is 13.6. The van der Waals surface area contributed by atoms with Crippen LogP contribution in [0.15, 0.2) is 36.4 Å². The number of aryl methyl sites for hydroxylation is 2. The first-order valence-corrected chi connectivity index (χ1v) is 5.15. The average molecular weight is 303 g/mol. The predicted octanol–water partition coefficient (Wildman–Crippen LogP) is 4.07. The van der Waals surface area contributed by atoms with Crippen LogP contribution >= 0.6 is 0 Å². The van der Waals surface area contributed by atoms with Crippen LogP contribution in [-0.4, -0.2) is 4.98 Å². The van der Waals surface area contributed by atoms with E-state index >= 15 is 0 Å². The number of nitrogens with one attached hydrogen (secondary N) is 1. The van der Waals surface area contributed by atoms with Crippen LogP contribution in [0, 0.1) is 26.3 Å². The van der Waals surface area contributed by atoms with Crippen LogP contribution in [-0.2, 0) is 19.5 Å². The van der Waals surface area contributed by atoms with Crippen molar-refractivity contribution >= 4 is 0 Å². The molecule has 0 aliphatic rings. The Labute approximate surface area is 112 Å². The Morgan fingerprint density at radius 3 is 1.81 bits per heavy atom. The van der Waals surface area contributed by atoms with Gasteiger partial charge in [-0.1, -0.05) is 12.6 Å². The van der Waals surface area contributed by atoms with E-state index in [-0.39, 0.29) is 19.5 Å². The van der Waals surface area contributed by atoms with E-state index in [2.05, 4.69) is 11.1 Å². The monoisotopic (exact) mass is 304 g/mol. The molecule has 2 heteroatoms. The smallest absolute Gasteiger partial charge is 0.456 e. The molecule has 0 atom stereocenters. The summed E-state index contributed by atoms with van der Waals surface area (Å²) in [5.74, 6) is 0. The van der Waals surface area contributed by atoms with Gasteiger partial charge in [0.2, 0.25) is 0 Å². The minimum absolute atomic E-state index is 0. The molecule has 2 aromatic rings. The van der Waals surface area contributed by atoms with Gasteiger partial charge in [0, 0.05) is 0 Å². The third-order valence-electron chi connectivity index (χ3n) is 1.45. The number of rotatable bonds is 0. The largest absolute Gasteiger partial charge is 3.00 e. The van der Waals surface area contributed by atoms with Crippen molar-refractivity contribution in [3.63, 3.8) is 0 Å². The summed E-state index contributed by atoms with van der Waals surface area (Å²) < 4.78 is 0. The van der Waals surface area contributed by atoms with Crippen LogP contribution in [0.5, 0.6) is 0 Å². The summed E-state index contributed by atoms with van der Waals surface area (Å²) in [6.07, 6.45) is 2.00. The zero-order chi connectivity index (χ0) is 11.5. The van der Waals surface area contributed by atoms with Crippen LogP contribution in [0.3, 0.4) is 0 Å². The number of aromatic amines is 1. The van der Waals surface area contributed by atoms with E-state index in [0.29, 0.717) is 0 Å². The van der Waals surface area contributed by atoms with Gasteiger partial charge in [0.25, 0.3) is 0 Å². The van der Waals surface area contributed by atoms with Crippen molar-refractivity contribution in [1.82, 2.24) is 4.98 Å². The maximum absolute atomic E-state index is 3.08. The molecule has 1 aromatic heterocycles. The normalized spacial score (nSPS) is 7.75. The average Bonchev–Trinajstić information content (AvgIpc) is 2.81. The van der Waals surface area contributed by atoms with Gasteiger partial charge in [-0.15, -0.1) is 5.69 Å². The van der Waals surface area contributed by atoms with Crippen molar-refractivity contribution in [1.29, 1.82) is 0 Å². The van der Waals surface area contributed by atoms with Gasteiger partial charge >= 0.3 is 19.5 Å². The van der Waals surface area contributed by atoms with Gasteiger partial charge in [-0.2, -0.15) is 32.0 Å². The Bertz CT molecular complexity index is 275. The molecule has 0 fully saturated rings. The minimum Gasteiger partial charge on any atom is -0.456 e. The first kappa shape index (κ1) is 17.6. The van der Waals surface area contributed by atoms with Gasteiger partial charge in [-0.25, -0.2) is 24.3 Å². The number of H-pyrrole nitrogens is 1. The summed E-state index contributed by atoms with van der Waals surface area (Å²) in [6.45, 7) is 8.01. The van der Waals surface area contributed by atoms with E-state index < -0.39 is 0 Å². The predicted molar refractivity (Wildman–Crippen MR) is 66.8 cm³/mol. The van der Waals surface area contributed by atoms with Crippen molar-refractivity contribution < 1.29 is 19.5 Å². The van der Waals surface area contributed by atoms with Gasteiger partial charge in [0.1, 0.15) is 0 Å². The van der Waals surface area contributed by atoms with Crippen molar-refractivity contribution in [2.45, 2.75) is 27.7 Å². The van der Waals surface area contributed by atoms with E-state index in [1.54, 1.807) is 0 Å². The fourth-order valence-corrected chi connectivity index (χ4v) is 0.905. The molecule has 89 valence electrons. The van der Waals surface area contributed by atoms with Gasteiger partial charge in [0.15, 0.2) is 0 Å². The standard InChI is InChI=1S/C6H8N.C5H5.C3H7.Ru/c1-5-3-4-6(2)7-5;1-2-4-5-3-1;1-3-2;/h3,7H,1-2H3;1-5H;3H,1-2H3;/q3*-1;+3. The number of hydrogen-bond acceptors (Lipinski definition) is 0. The Balaban J connectivity index is 0. The molecular weight excluding hydrogens is 283 g/mol. The van der Waals surface area contributed by atoms with Crippen LogP contribution < -0.4 is 0 Å². The molecule has 1 radical (unpaired) electrons. The summed E-state index contributed by atoms with van der Waals surface area (Å²) >= 11 is 0. The summed E-state index contributed by atoms with van der Waals surface area (Å²) in [5.41, 5.74) is 2.29. The molecule has 0 bridgehead atoms. The van der Waals surface area contributed by atoms with Crippen molar-refractivity contribution in [2.75, 3.05) is 0 Å². The summed E-state index contributed by atoms with van der Waals surface area (Å²) in [5, 5.41) is 0. The quantitative estimate of drug-likeness (QED) is 0.558. The van der Waals surface area contributed by atoms with E-state index in [0.717, 1.165) is 5.69 Å². The zero-order valence-corrected chi connectivity index (χ0v) is 12.1. The van der Waals surface area contributed by atoms with Crippen LogP contribution in [0.25, 0.3) is 0 Å². The molecule has 0 saturated heterocycles. The molecule has 1 nitrogen and oxygen atoms in total. The molecule has 0 spiro atoms. The maximum atomic E-state index is 3.08. The maximum Gasteiger partial charge on any atom is 3.00 e. The molecule has 0 aliphatic carbocycles. The topological polar surface area (TPSA) is 15.8 Å². The first-order chi connectivity index (χ1) is 7.20. The van der Waals surface area contributed by atoms with E-state index in [1.807, 2.05) is 70.5 Å². The van der Waals surface area contributed by atoms with Crippen molar-refractivity contribution in [3.8, 4) is 0 Å². The Morgan fingerprint density at radius 2 is 1.69 bits per heavy atom. The molecule has 1 heterocycles. The molecule has 16 heavy (non-hydrogen) atoms. The molecule has 0 aliphatic heterocycles. The SMILES string of the molecule is C[CH-]C.Cc1[c-]cc(C)[nH]1.[Ru+3].c1cc[cH-]c1. The summed E-state index contributed by atoms with van der Waals surface area (Å²) in [4.78, 5) is 3.08.